The van der Waals surface area contributed by atoms with E-state index in [1.54, 1.807) is 31.5 Å². The van der Waals surface area contributed by atoms with Crippen molar-refractivity contribution in [2.45, 2.75) is 4.90 Å². The Labute approximate surface area is 108 Å². The van der Waals surface area contributed by atoms with E-state index < -0.39 is 17.0 Å². The first-order valence-corrected chi connectivity index (χ1v) is 6.81. The Kier molecular flexibility index (Phi) is 3.84. The smallest absolute Gasteiger partial charge is 0.164 e. The van der Waals surface area contributed by atoms with E-state index in [9.17, 15) is 8.94 Å². The van der Waals surface area contributed by atoms with Crippen molar-refractivity contribution < 1.29 is 13.7 Å². The second-order valence-electron chi connectivity index (χ2n) is 3.68. The van der Waals surface area contributed by atoms with Gasteiger partial charge in [0.05, 0.1) is 18.4 Å². The molecule has 0 aliphatic heterocycles. The molecule has 0 bridgehead atoms. The SMILES string of the molecule is COc1ccnc(-c2ccc(F)cc2[S+](C)[O-])c1. The molecule has 18 heavy (non-hydrogen) atoms. The maximum absolute atomic E-state index is 13.2. The zero-order valence-corrected chi connectivity index (χ0v) is 10.8. The lowest BCUT2D eigenvalue weighted by Gasteiger charge is -2.10. The predicted molar refractivity (Wildman–Crippen MR) is 68.5 cm³/mol. The molecule has 1 unspecified atom stereocenters. The highest BCUT2D eigenvalue weighted by Crippen LogP contribution is 2.28. The Balaban J connectivity index is 2.55. The van der Waals surface area contributed by atoms with Crippen LogP contribution < -0.4 is 4.74 Å². The molecule has 1 heterocycles. The van der Waals surface area contributed by atoms with Crippen LogP contribution in [-0.4, -0.2) is 22.9 Å². The van der Waals surface area contributed by atoms with Gasteiger partial charge in [-0.15, -0.1) is 0 Å². The lowest BCUT2D eigenvalue weighted by molar-refractivity contribution is 0.414. The van der Waals surface area contributed by atoms with Crippen molar-refractivity contribution in [3.05, 3.63) is 42.3 Å². The van der Waals surface area contributed by atoms with Crippen LogP contribution in [0.4, 0.5) is 4.39 Å². The quantitative estimate of drug-likeness (QED) is 0.801. The largest absolute Gasteiger partial charge is 0.612 e. The summed E-state index contributed by atoms with van der Waals surface area (Å²) >= 11 is -1.28. The Bertz CT molecular complexity index is 560. The summed E-state index contributed by atoms with van der Waals surface area (Å²) in [4.78, 5) is 4.62. The van der Waals surface area contributed by atoms with Gasteiger partial charge in [-0.05, 0) is 29.4 Å². The lowest BCUT2D eigenvalue weighted by Crippen LogP contribution is -2.01. The molecule has 0 aliphatic rings. The van der Waals surface area contributed by atoms with E-state index in [0.717, 1.165) is 0 Å². The third-order valence-electron chi connectivity index (χ3n) is 2.50. The van der Waals surface area contributed by atoms with E-state index in [4.69, 9.17) is 4.74 Å². The molecule has 1 atom stereocenters. The minimum absolute atomic E-state index is 0.410. The summed E-state index contributed by atoms with van der Waals surface area (Å²) in [7, 11) is 1.56. The second-order valence-corrected chi connectivity index (χ2v) is 5.02. The minimum Gasteiger partial charge on any atom is -0.612 e. The molecule has 0 spiro atoms. The number of rotatable bonds is 3. The monoisotopic (exact) mass is 265 g/mol. The van der Waals surface area contributed by atoms with E-state index in [0.29, 0.717) is 21.9 Å². The number of aromatic nitrogens is 1. The molecule has 2 aromatic rings. The first-order valence-electron chi connectivity index (χ1n) is 5.25. The van der Waals surface area contributed by atoms with Gasteiger partial charge in [-0.25, -0.2) is 4.39 Å². The summed E-state index contributed by atoms with van der Waals surface area (Å²) in [5.41, 5.74) is 1.26. The maximum atomic E-state index is 13.2. The third kappa shape index (κ3) is 2.63. The van der Waals surface area contributed by atoms with Crippen molar-refractivity contribution in [1.29, 1.82) is 0 Å². The summed E-state index contributed by atoms with van der Waals surface area (Å²) in [6, 6.07) is 7.62. The number of nitrogens with zero attached hydrogens (tertiary/aromatic N) is 1. The standard InChI is InChI=1S/C13H12FNO2S/c1-17-10-5-6-15-12(8-10)11-4-3-9(14)7-13(11)18(2)16/h3-8H,1-2H3. The van der Waals surface area contributed by atoms with Crippen molar-refractivity contribution in [2.24, 2.45) is 0 Å². The van der Waals surface area contributed by atoms with E-state index in [-0.39, 0.29) is 0 Å². The van der Waals surface area contributed by atoms with Gasteiger partial charge in [0.1, 0.15) is 17.8 Å². The van der Waals surface area contributed by atoms with Crippen LogP contribution in [0.2, 0.25) is 0 Å². The Morgan fingerprint density at radius 3 is 2.72 bits per heavy atom. The highest BCUT2D eigenvalue weighted by molar-refractivity contribution is 7.90. The number of ether oxygens (including phenoxy) is 1. The molecule has 1 aromatic heterocycles. The summed E-state index contributed by atoms with van der Waals surface area (Å²) in [5.74, 6) is 0.240. The topological polar surface area (TPSA) is 45.2 Å². The molecule has 5 heteroatoms. The average Bonchev–Trinajstić information content (AvgIpc) is 2.38. The van der Waals surface area contributed by atoms with Crippen LogP contribution in [0.3, 0.4) is 0 Å². The fourth-order valence-electron chi connectivity index (χ4n) is 1.63. The molecule has 0 saturated heterocycles. The van der Waals surface area contributed by atoms with Crippen LogP contribution >= 0.6 is 0 Å². The molecule has 0 fully saturated rings. The zero-order valence-electron chi connectivity index (χ0n) is 10.0. The number of hydrogen-bond acceptors (Lipinski definition) is 3. The number of pyridine rings is 1. The molecule has 0 N–H and O–H groups in total. The maximum Gasteiger partial charge on any atom is 0.164 e. The zero-order chi connectivity index (χ0) is 13.1. The van der Waals surface area contributed by atoms with Gasteiger partial charge in [-0.2, -0.15) is 0 Å². The normalized spacial score (nSPS) is 12.2. The van der Waals surface area contributed by atoms with Crippen molar-refractivity contribution in [3.63, 3.8) is 0 Å². The molecule has 1 aromatic carbocycles. The van der Waals surface area contributed by atoms with E-state index in [1.807, 2.05) is 0 Å². The third-order valence-corrected chi connectivity index (χ3v) is 3.45. The summed E-state index contributed by atoms with van der Waals surface area (Å²) < 4.78 is 29.9. The highest BCUT2D eigenvalue weighted by Gasteiger charge is 2.16. The Hall–Kier alpha value is -1.59. The molecule has 0 amide bonds. The molecule has 3 nitrogen and oxygen atoms in total. The molecular formula is C13H12FNO2S. The lowest BCUT2D eigenvalue weighted by atomic mass is 10.1. The molecule has 94 valence electrons. The van der Waals surface area contributed by atoms with E-state index >= 15 is 0 Å². The Morgan fingerprint density at radius 2 is 2.06 bits per heavy atom. The molecule has 0 radical (unpaired) electrons. The van der Waals surface area contributed by atoms with Gasteiger partial charge in [0.15, 0.2) is 4.90 Å². The average molecular weight is 265 g/mol. The van der Waals surface area contributed by atoms with Crippen LogP contribution in [0.15, 0.2) is 41.4 Å². The van der Waals surface area contributed by atoms with Gasteiger partial charge < -0.3 is 9.29 Å². The minimum atomic E-state index is -1.28. The van der Waals surface area contributed by atoms with Crippen LogP contribution in [0.25, 0.3) is 11.3 Å². The summed E-state index contributed by atoms with van der Waals surface area (Å²) in [6.07, 6.45) is 3.11. The first kappa shape index (κ1) is 12.9. The first-order chi connectivity index (χ1) is 8.61. The molecule has 2 rings (SSSR count). The van der Waals surface area contributed by atoms with Gasteiger partial charge >= 0.3 is 0 Å². The fourth-order valence-corrected chi connectivity index (χ4v) is 2.39. The van der Waals surface area contributed by atoms with Crippen LogP contribution in [0.5, 0.6) is 5.75 Å². The number of methoxy groups -OCH3 is 1. The van der Waals surface area contributed by atoms with Crippen molar-refractivity contribution in [1.82, 2.24) is 4.98 Å². The highest BCUT2D eigenvalue weighted by atomic mass is 32.2. The van der Waals surface area contributed by atoms with Crippen molar-refractivity contribution in [2.75, 3.05) is 13.4 Å². The van der Waals surface area contributed by atoms with Gasteiger partial charge in [0, 0.05) is 18.3 Å². The van der Waals surface area contributed by atoms with Crippen LogP contribution in [-0.2, 0) is 11.2 Å². The molecule has 0 aliphatic carbocycles. The predicted octanol–water partition coefficient (Wildman–Crippen LogP) is 2.63. The van der Waals surface area contributed by atoms with E-state index in [1.165, 1.54) is 18.4 Å². The van der Waals surface area contributed by atoms with E-state index in [2.05, 4.69) is 4.98 Å². The van der Waals surface area contributed by atoms with Gasteiger partial charge in [-0.3, -0.25) is 4.98 Å². The number of halogens is 1. The van der Waals surface area contributed by atoms with Crippen LogP contribution in [0, 0.1) is 5.82 Å². The Morgan fingerprint density at radius 1 is 1.28 bits per heavy atom. The van der Waals surface area contributed by atoms with Gasteiger partial charge in [0.25, 0.3) is 0 Å². The van der Waals surface area contributed by atoms with Crippen molar-refractivity contribution >= 4 is 11.2 Å². The van der Waals surface area contributed by atoms with Gasteiger partial charge in [-0.1, -0.05) is 0 Å². The number of benzene rings is 1. The van der Waals surface area contributed by atoms with Gasteiger partial charge in [0.2, 0.25) is 0 Å². The second kappa shape index (κ2) is 5.37. The van der Waals surface area contributed by atoms with Crippen LogP contribution in [0.1, 0.15) is 0 Å². The number of hydrogen-bond donors (Lipinski definition) is 0. The fraction of sp³-hybridized carbons (Fsp3) is 0.154. The van der Waals surface area contributed by atoms with Crippen molar-refractivity contribution in [3.8, 4) is 17.0 Å². The summed E-state index contributed by atoms with van der Waals surface area (Å²) in [5, 5.41) is 0. The summed E-state index contributed by atoms with van der Waals surface area (Å²) in [6.45, 7) is 0. The molecule has 0 saturated carbocycles. The molecular weight excluding hydrogens is 253 g/mol.